The molecule has 1 fully saturated rings. The molecule has 122 valence electrons. The first-order valence-corrected chi connectivity index (χ1v) is 7.41. The van der Waals surface area contributed by atoms with Crippen molar-refractivity contribution in [3.63, 3.8) is 0 Å². The van der Waals surface area contributed by atoms with E-state index in [2.05, 4.69) is 0 Å². The van der Waals surface area contributed by atoms with Crippen LogP contribution in [0.2, 0.25) is 0 Å². The van der Waals surface area contributed by atoms with Crippen LogP contribution >= 0.6 is 0 Å². The molecule has 3 nitrogen and oxygen atoms in total. The Balaban J connectivity index is 2.06. The fraction of sp³-hybridized carbons (Fsp3) is 0.562. The molecule has 1 aromatic carbocycles. The van der Waals surface area contributed by atoms with E-state index in [4.69, 9.17) is 0 Å². The number of aliphatic hydroxyl groups is 1. The van der Waals surface area contributed by atoms with Crippen LogP contribution in [0.3, 0.4) is 0 Å². The SMILES string of the molecule is CC(CC(=O)N1CCC(O)CC1)c1ccccc1C(F)(F)F. The van der Waals surface area contributed by atoms with Gasteiger partial charge >= 0.3 is 6.18 Å². The number of rotatable bonds is 3. The number of amides is 1. The molecule has 1 amide bonds. The number of halogens is 3. The van der Waals surface area contributed by atoms with Crippen molar-refractivity contribution >= 4 is 5.91 Å². The second-order valence-electron chi connectivity index (χ2n) is 5.80. The number of nitrogens with zero attached hydrogens (tertiary/aromatic N) is 1. The van der Waals surface area contributed by atoms with E-state index >= 15 is 0 Å². The van der Waals surface area contributed by atoms with E-state index in [-0.39, 0.29) is 24.0 Å². The topological polar surface area (TPSA) is 40.5 Å². The molecule has 0 aliphatic carbocycles. The number of carbonyl (C=O) groups is 1. The summed E-state index contributed by atoms with van der Waals surface area (Å²) in [6, 6.07) is 5.39. The number of hydrogen-bond acceptors (Lipinski definition) is 2. The molecule has 1 aromatic rings. The van der Waals surface area contributed by atoms with Gasteiger partial charge in [0.2, 0.25) is 5.91 Å². The third kappa shape index (κ3) is 4.00. The Morgan fingerprint density at radius 3 is 2.50 bits per heavy atom. The van der Waals surface area contributed by atoms with Crippen molar-refractivity contribution in [2.24, 2.45) is 0 Å². The van der Waals surface area contributed by atoms with E-state index in [0.29, 0.717) is 25.9 Å². The van der Waals surface area contributed by atoms with Crippen molar-refractivity contribution in [1.29, 1.82) is 0 Å². The molecule has 1 N–H and O–H groups in total. The Kier molecular flexibility index (Phi) is 5.11. The predicted octanol–water partition coefficient (Wildman–Crippen LogP) is 3.18. The molecular weight excluding hydrogens is 295 g/mol. The summed E-state index contributed by atoms with van der Waals surface area (Å²) < 4.78 is 39.1. The minimum absolute atomic E-state index is 0.0448. The van der Waals surface area contributed by atoms with Gasteiger partial charge in [-0.15, -0.1) is 0 Å². The van der Waals surface area contributed by atoms with E-state index < -0.39 is 17.7 Å². The second-order valence-corrected chi connectivity index (χ2v) is 5.80. The van der Waals surface area contributed by atoms with Gasteiger partial charge in [-0.3, -0.25) is 4.79 Å². The summed E-state index contributed by atoms with van der Waals surface area (Å²) in [5.41, 5.74) is -0.523. The maximum absolute atomic E-state index is 13.0. The van der Waals surface area contributed by atoms with Crippen molar-refractivity contribution in [2.75, 3.05) is 13.1 Å². The van der Waals surface area contributed by atoms with E-state index in [1.54, 1.807) is 17.9 Å². The zero-order chi connectivity index (χ0) is 16.3. The normalized spacial score (nSPS) is 18.3. The monoisotopic (exact) mass is 315 g/mol. The van der Waals surface area contributed by atoms with Gasteiger partial charge in [-0.05, 0) is 30.4 Å². The Morgan fingerprint density at radius 1 is 1.32 bits per heavy atom. The first-order chi connectivity index (χ1) is 10.3. The molecule has 1 unspecified atom stereocenters. The van der Waals surface area contributed by atoms with Crippen molar-refractivity contribution in [1.82, 2.24) is 4.90 Å². The number of hydrogen-bond donors (Lipinski definition) is 1. The van der Waals surface area contributed by atoms with Crippen molar-refractivity contribution in [2.45, 2.75) is 44.4 Å². The maximum Gasteiger partial charge on any atom is 0.416 e. The highest BCUT2D eigenvalue weighted by molar-refractivity contribution is 5.77. The largest absolute Gasteiger partial charge is 0.416 e. The highest BCUT2D eigenvalue weighted by Crippen LogP contribution is 2.36. The lowest BCUT2D eigenvalue weighted by Crippen LogP contribution is -2.40. The van der Waals surface area contributed by atoms with E-state index in [0.717, 1.165) is 6.07 Å². The van der Waals surface area contributed by atoms with Gasteiger partial charge in [0.05, 0.1) is 11.7 Å². The highest BCUT2D eigenvalue weighted by Gasteiger charge is 2.34. The molecule has 0 radical (unpaired) electrons. The van der Waals surface area contributed by atoms with Crippen LogP contribution in [-0.4, -0.2) is 35.1 Å². The summed E-state index contributed by atoms with van der Waals surface area (Å²) in [6.07, 6.45) is -3.70. The number of aliphatic hydroxyl groups excluding tert-OH is 1. The molecule has 0 bridgehead atoms. The number of likely N-dealkylation sites (tertiary alicyclic amines) is 1. The first-order valence-electron chi connectivity index (χ1n) is 7.41. The number of carbonyl (C=O) groups excluding carboxylic acids is 1. The Bertz CT molecular complexity index is 522. The molecule has 1 aliphatic heterocycles. The van der Waals surface area contributed by atoms with Crippen LogP contribution in [0.4, 0.5) is 13.2 Å². The fourth-order valence-electron chi connectivity index (χ4n) is 2.80. The van der Waals surface area contributed by atoms with Gasteiger partial charge in [-0.2, -0.15) is 13.2 Å². The van der Waals surface area contributed by atoms with Gasteiger partial charge in [0, 0.05) is 19.5 Å². The van der Waals surface area contributed by atoms with E-state index in [1.807, 2.05) is 0 Å². The third-order valence-electron chi connectivity index (χ3n) is 4.10. The molecule has 0 saturated carbocycles. The van der Waals surface area contributed by atoms with Crippen molar-refractivity contribution in [3.8, 4) is 0 Å². The van der Waals surface area contributed by atoms with Crippen LogP contribution in [0.5, 0.6) is 0 Å². The lowest BCUT2D eigenvalue weighted by Gasteiger charge is -2.30. The van der Waals surface area contributed by atoms with Crippen LogP contribution in [0.15, 0.2) is 24.3 Å². The zero-order valence-corrected chi connectivity index (χ0v) is 12.4. The van der Waals surface area contributed by atoms with Crippen LogP contribution < -0.4 is 0 Å². The third-order valence-corrected chi connectivity index (χ3v) is 4.10. The molecular formula is C16H20F3NO2. The summed E-state index contributed by atoms with van der Waals surface area (Å²) in [5.74, 6) is -0.659. The Hall–Kier alpha value is -1.56. The summed E-state index contributed by atoms with van der Waals surface area (Å²) in [5, 5.41) is 9.43. The lowest BCUT2D eigenvalue weighted by molar-refractivity contribution is -0.139. The smallest absolute Gasteiger partial charge is 0.393 e. The summed E-state index contributed by atoms with van der Waals surface area (Å²) >= 11 is 0. The van der Waals surface area contributed by atoms with E-state index in [1.165, 1.54) is 12.1 Å². The molecule has 1 aliphatic rings. The maximum atomic E-state index is 13.0. The van der Waals surface area contributed by atoms with Gasteiger partial charge in [-0.1, -0.05) is 25.1 Å². The van der Waals surface area contributed by atoms with Crippen molar-refractivity contribution in [3.05, 3.63) is 35.4 Å². The quantitative estimate of drug-likeness (QED) is 0.930. The van der Waals surface area contributed by atoms with Gasteiger partial charge in [-0.25, -0.2) is 0 Å². The molecule has 1 atom stereocenters. The van der Waals surface area contributed by atoms with Crippen molar-refractivity contribution < 1.29 is 23.1 Å². The standard InChI is InChI=1S/C16H20F3NO2/c1-11(10-15(22)20-8-6-12(21)7-9-20)13-4-2-3-5-14(13)16(17,18)19/h2-5,11-12,21H,6-10H2,1H3. The minimum Gasteiger partial charge on any atom is -0.393 e. The minimum atomic E-state index is -4.41. The number of piperidine rings is 1. The van der Waals surface area contributed by atoms with Crippen LogP contribution in [0.25, 0.3) is 0 Å². The molecule has 2 rings (SSSR count). The highest BCUT2D eigenvalue weighted by atomic mass is 19.4. The van der Waals surface area contributed by atoms with Gasteiger partial charge in [0.15, 0.2) is 0 Å². The summed E-state index contributed by atoms with van der Waals surface area (Å²) in [4.78, 5) is 13.8. The average molecular weight is 315 g/mol. The van der Waals surface area contributed by atoms with Gasteiger partial charge in [0.25, 0.3) is 0 Å². The second kappa shape index (κ2) is 6.69. The van der Waals surface area contributed by atoms with Crippen LogP contribution in [0.1, 0.15) is 43.2 Å². The Morgan fingerprint density at radius 2 is 1.91 bits per heavy atom. The first kappa shape index (κ1) is 16.8. The molecule has 22 heavy (non-hydrogen) atoms. The molecule has 1 saturated heterocycles. The molecule has 1 heterocycles. The fourth-order valence-corrected chi connectivity index (χ4v) is 2.80. The predicted molar refractivity (Wildman–Crippen MR) is 76.3 cm³/mol. The van der Waals surface area contributed by atoms with Gasteiger partial charge in [0.1, 0.15) is 0 Å². The van der Waals surface area contributed by atoms with Crippen LogP contribution in [0, 0.1) is 0 Å². The summed E-state index contributed by atoms with van der Waals surface area (Å²) in [6.45, 7) is 2.57. The zero-order valence-electron chi connectivity index (χ0n) is 12.4. The molecule has 0 aromatic heterocycles. The summed E-state index contributed by atoms with van der Waals surface area (Å²) in [7, 11) is 0. The average Bonchev–Trinajstić information content (AvgIpc) is 2.47. The van der Waals surface area contributed by atoms with Crippen LogP contribution in [-0.2, 0) is 11.0 Å². The lowest BCUT2D eigenvalue weighted by atomic mass is 9.92. The Labute approximate surface area is 127 Å². The van der Waals surface area contributed by atoms with E-state index in [9.17, 15) is 23.1 Å². The number of benzene rings is 1. The molecule has 6 heteroatoms. The molecule has 0 spiro atoms. The number of alkyl halides is 3. The van der Waals surface area contributed by atoms with Gasteiger partial charge < -0.3 is 10.0 Å².